The quantitative estimate of drug-likeness (QED) is 0.0420. The van der Waals surface area contributed by atoms with Crippen LogP contribution in [0.4, 0.5) is 0 Å². The van der Waals surface area contributed by atoms with Gasteiger partial charge in [-0.05, 0) is 64.2 Å². The van der Waals surface area contributed by atoms with Gasteiger partial charge >= 0.3 is 0 Å². The Kier molecular flexibility index (Phi) is 29.1. The molecule has 0 aromatic heterocycles. The van der Waals surface area contributed by atoms with E-state index in [4.69, 9.17) is 0 Å². The van der Waals surface area contributed by atoms with E-state index in [0.717, 1.165) is 57.8 Å². The minimum Gasteiger partial charge on any atom is -0.387 e. The first-order valence-corrected chi connectivity index (χ1v) is 18.9. The van der Waals surface area contributed by atoms with Crippen LogP contribution in [-0.2, 0) is 14.9 Å². The monoisotopic (exact) mass is 623 g/mol. The van der Waals surface area contributed by atoms with Gasteiger partial charge in [-0.3, -0.25) is 9.35 Å². The lowest BCUT2D eigenvalue weighted by molar-refractivity contribution is -0.122. The Labute approximate surface area is 265 Å². The van der Waals surface area contributed by atoms with Crippen LogP contribution in [-0.4, -0.2) is 41.9 Å². The van der Waals surface area contributed by atoms with E-state index in [1.165, 1.54) is 70.3 Å². The molecule has 0 radical (unpaired) electrons. The second kappa shape index (κ2) is 30.3. The molecular formula is C36H65NO5S. The van der Waals surface area contributed by atoms with Crippen LogP contribution in [0.2, 0.25) is 0 Å². The largest absolute Gasteiger partial charge is 0.387 e. The summed E-state index contributed by atoms with van der Waals surface area (Å²) in [6, 6.07) is -1.08. The average molecular weight is 624 g/mol. The highest BCUT2D eigenvalue weighted by molar-refractivity contribution is 7.85. The molecule has 0 bridgehead atoms. The predicted molar refractivity (Wildman–Crippen MR) is 184 cm³/mol. The van der Waals surface area contributed by atoms with Crippen molar-refractivity contribution in [2.45, 2.75) is 167 Å². The van der Waals surface area contributed by atoms with Gasteiger partial charge in [0.1, 0.15) is 0 Å². The number of allylic oxidation sites excluding steroid dienone is 7. The number of aliphatic hydroxyl groups is 1. The summed E-state index contributed by atoms with van der Waals surface area (Å²) in [5.41, 5.74) is 0. The zero-order chi connectivity index (χ0) is 31.9. The molecule has 0 aliphatic carbocycles. The van der Waals surface area contributed by atoms with Crippen molar-refractivity contribution in [2.75, 3.05) is 5.75 Å². The van der Waals surface area contributed by atoms with Gasteiger partial charge in [0.05, 0.1) is 17.9 Å². The third kappa shape index (κ3) is 31.5. The van der Waals surface area contributed by atoms with Crippen LogP contribution in [0, 0.1) is 0 Å². The molecule has 0 aliphatic heterocycles. The molecule has 0 aliphatic rings. The van der Waals surface area contributed by atoms with E-state index in [0.29, 0.717) is 12.8 Å². The Hall–Kier alpha value is -1.70. The summed E-state index contributed by atoms with van der Waals surface area (Å²) in [5, 5.41) is 13.1. The summed E-state index contributed by atoms with van der Waals surface area (Å²) in [4.78, 5) is 12.4. The predicted octanol–water partition coefficient (Wildman–Crippen LogP) is 9.57. The fourth-order valence-corrected chi connectivity index (χ4v) is 5.55. The number of hydrogen-bond acceptors (Lipinski definition) is 4. The molecule has 250 valence electrons. The van der Waals surface area contributed by atoms with Crippen molar-refractivity contribution in [3.8, 4) is 0 Å². The molecule has 43 heavy (non-hydrogen) atoms. The van der Waals surface area contributed by atoms with Crippen molar-refractivity contribution < 1.29 is 22.9 Å². The molecule has 0 aromatic rings. The van der Waals surface area contributed by atoms with Gasteiger partial charge in [-0.1, -0.05) is 133 Å². The molecule has 0 spiro atoms. The van der Waals surface area contributed by atoms with E-state index < -0.39 is 28.0 Å². The number of hydrogen-bond donors (Lipinski definition) is 3. The molecule has 7 heteroatoms. The van der Waals surface area contributed by atoms with Crippen molar-refractivity contribution in [1.82, 2.24) is 5.32 Å². The summed E-state index contributed by atoms with van der Waals surface area (Å²) in [5.74, 6) is -1.02. The van der Waals surface area contributed by atoms with Crippen LogP contribution in [0.1, 0.15) is 155 Å². The van der Waals surface area contributed by atoms with Crippen molar-refractivity contribution in [3.05, 3.63) is 48.6 Å². The molecule has 1 amide bonds. The van der Waals surface area contributed by atoms with E-state index >= 15 is 0 Å². The summed E-state index contributed by atoms with van der Waals surface area (Å²) in [6.45, 7) is 4.44. The third-order valence-corrected chi connectivity index (χ3v) is 8.24. The average Bonchev–Trinajstić information content (AvgIpc) is 2.96. The molecule has 0 rings (SSSR count). The number of carbonyl (C=O) groups excluding carboxylic acids is 1. The molecule has 3 N–H and O–H groups in total. The van der Waals surface area contributed by atoms with Gasteiger partial charge in [-0.15, -0.1) is 0 Å². The van der Waals surface area contributed by atoms with Gasteiger partial charge in [0, 0.05) is 6.42 Å². The molecule has 2 unspecified atom stereocenters. The van der Waals surface area contributed by atoms with Gasteiger partial charge < -0.3 is 10.4 Å². The fraction of sp³-hybridized carbons (Fsp3) is 0.750. The molecule has 0 saturated heterocycles. The maximum atomic E-state index is 12.4. The number of carbonyl (C=O) groups is 1. The third-order valence-electron chi connectivity index (χ3n) is 7.46. The van der Waals surface area contributed by atoms with Crippen molar-refractivity contribution in [1.29, 1.82) is 0 Å². The fourth-order valence-electron chi connectivity index (χ4n) is 4.81. The van der Waals surface area contributed by atoms with Crippen LogP contribution in [0.3, 0.4) is 0 Å². The summed E-state index contributed by atoms with van der Waals surface area (Å²) in [6.07, 6.45) is 39.5. The first-order chi connectivity index (χ1) is 20.8. The lowest BCUT2D eigenvalue weighted by atomic mass is 10.1. The second-order valence-electron chi connectivity index (χ2n) is 11.8. The minimum atomic E-state index is -4.35. The molecule has 0 fully saturated rings. The Morgan fingerprint density at radius 2 is 1.02 bits per heavy atom. The first kappa shape index (κ1) is 41.3. The maximum Gasteiger partial charge on any atom is 0.267 e. The summed E-state index contributed by atoms with van der Waals surface area (Å²) >= 11 is 0. The first-order valence-electron chi connectivity index (χ1n) is 17.3. The number of aliphatic hydroxyl groups excluding tert-OH is 1. The smallest absolute Gasteiger partial charge is 0.267 e. The molecular weight excluding hydrogens is 558 g/mol. The Morgan fingerprint density at radius 3 is 1.53 bits per heavy atom. The Balaban J connectivity index is 4.09. The maximum absolute atomic E-state index is 12.4. The van der Waals surface area contributed by atoms with Crippen LogP contribution in [0.15, 0.2) is 48.6 Å². The van der Waals surface area contributed by atoms with Crippen LogP contribution in [0.5, 0.6) is 0 Å². The highest BCUT2D eigenvalue weighted by Gasteiger charge is 2.24. The molecule has 6 nitrogen and oxygen atoms in total. The van der Waals surface area contributed by atoms with E-state index in [1.54, 1.807) is 6.08 Å². The second-order valence-corrected chi connectivity index (χ2v) is 13.3. The van der Waals surface area contributed by atoms with Gasteiger partial charge in [0.2, 0.25) is 5.91 Å². The lowest BCUT2D eigenvalue weighted by Crippen LogP contribution is -2.46. The van der Waals surface area contributed by atoms with Crippen LogP contribution in [0.25, 0.3) is 0 Å². The van der Waals surface area contributed by atoms with E-state index in [1.807, 2.05) is 0 Å². The number of nitrogens with one attached hydrogen (secondary N) is 1. The van der Waals surface area contributed by atoms with Crippen molar-refractivity contribution in [2.24, 2.45) is 0 Å². The van der Waals surface area contributed by atoms with E-state index in [2.05, 4.69) is 55.6 Å². The number of unbranched alkanes of at least 4 members (excludes halogenated alkanes) is 16. The topological polar surface area (TPSA) is 104 Å². The SMILES string of the molecule is CCCC/C=C/CC/C=C/CC/C=C/C(O)C(CS(=O)(=O)O)NC(=O)CCCCCCC/C=C\CCCCCCCCC. The molecule has 2 atom stereocenters. The van der Waals surface area contributed by atoms with Gasteiger partial charge in [-0.2, -0.15) is 8.42 Å². The van der Waals surface area contributed by atoms with Crippen molar-refractivity contribution in [3.63, 3.8) is 0 Å². The molecule has 0 heterocycles. The highest BCUT2D eigenvalue weighted by atomic mass is 32.2. The van der Waals surface area contributed by atoms with Crippen LogP contribution >= 0.6 is 0 Å². The summed E-state index contributed by atoms with van der Waals surface area (Å²) in [7, 11) is -4.35. The Bertz CT molecular complexity index is 863. The van der Waals surface area contributed by atoms with Gasteiger partial charge in [0.15, 0.2) is 0 Å². The van der Waals surface area contributed by atoms with Gasteiger partial charge in [0.25, 0.3) is 10.1 Å². The van der Waals surface area contributed by atoms with E-state index in [-0.39, 0.29) is 12.3 Å². The molecule has 0 aromatic carbocycles. The number of amides is 1. The van der Waals surface area contributed by atoms with E-state index in [9.17, 15) is 22.9 Å². The van der Waals surface area contributed by atoms with Gasteiger partial charge in [-0.25, -0.2) is 0 Å². The summed E-state index contributed by atoms with van der Waals surface area (Å²) < 4.78 is 32.3. The lowest BCUT2D eigenvalue weighted by Gasteiger charge is -2.21. The standard InChI is InChI=1S/C36H65NO5S/c1-3-5-7-9-11-13-15-17-18-19-20-22-24-26-28-30-32-36(39)37-34(33-43(40,41)42)35(38)31-29-27-25-23-21-16-14-12-10-8-6-4-2/h10,12,18-19,21,23,29,31,34-35,38H,3-9,11,13-17,20,22,24-28,30,32-33H2,1-2H3,(H,37,39)(H,40,41,42)/b12-10+,19-18-,23-21+,31-29+. The Morgan fingerprint density at radius 1 is 0.605 bits per heavy atom. The minimum absolute atomic E-state index is 0.273. The number of rotatable bonds is 30. The zero-order valence-electron chi connectivity index (χ0n) is 27.6. The zero-order valence-corrected chi connectivity index (χ0v) is 28.4. The van der Waals surface area contributed by atoms with Crippen LogP contribution < -0.4 is 5.32 Å². The highest BCUT2D eigenvalue weighted by Crippen LogP contribution is 2.11. The normalized spacial score (nSPS) is 14.0. The molecule has 0 saturated carbocycles. The van der Waals surface area contributed by atoms with Crippen molar-refractivity contribution >= 4 is 16.0 Å².